The largest absolute Gasteiger partial charge is 0.497 e. The zero-order valence-corrected chi connectivity index (χ0v) is 14.2. The third-order valence-corrected chi connectivity index (χ3v) is 4.55. The van der Waals surface area contributed by atoms with Crippen LogP contribution in [0.25, 0.3) is 0 Å². The van der Waals surface area contributed by atoms with E-state index in [4.69, 9.17) is 4.74 Å². The van der Waals surface area contributed by atoms with Crippen LogP contribution in [0.1, 0.15) is 28.9 Å². The number of ether oxygens (including phenoxy) is 1. The molecule has 1 aliphatic heterocycles. The maximum absolute atomic E-state index is 13.1. The molecule has 2 amide bonds. The number of likely N-dealkylation sites (N-methyl/N-ethyl adjacent to an activating group) is 1. The number of amides is 2. The predicted octanol–water partition coefficient (Wildman–Crippen LogP) is 1.36. The Morgan fingerprint density at radius 3 is 2.60 bits per heavy atom. The highest BCUT2D eigenvalue weighted by atomic mass is 16.5. The van der Waals surface area contributed by atoms with Crippen LogP contribution in [0.15, 0.2) is 42.9 Å². The molecular weight excluding hydrogens is 320 g/mol. The Balaban J connectivity index is 2.03. The molecule has 7 nitrogen and oxygen atoms in total. The first-order chi connectivity index (χ1) is 12.1. The summed E-state index contributed by atoms with van der Waals surface area (Å²) in [6, 6.07) is 6.86. The van der Waals surface area contributed by atoms with Crippen LogP contribution in [0, 0.1) is 0 Å². The maximum Gasteiger partial charge on any atom is 0.255 e. The molecule has 1 N–H and O–H groups in total. The quantitative estimate of drug-likeness (QED) is 0.908. The smallest absolute Gasteiger partial charge is 0.255 e. The zero-order valence-electron chi connectivity index (χ0n) is 14.2. The van der Waals surface area contributed by atoms with Gasteiger partial charge in [0.05, 0.1) is 19.0 Å². The van der Waals surface area contributed by atoms with Gasteiger partial charge in [-0.05, 0) is 37.1 Å². The summed E-state index contributed by atoms with van der Waals surface area (Å²) < 4.78 is 5.13. The number of hydrogen-bond donors (Lipinski definition) is 1. The van der Waals surface area contributed by atoms with Gasteiger partial charge in [-0.15, -0.1) is 0 Å². The molecule has 7 heteroatoms. The summed E-state index contributed by atoms with van der Waals surface area (Å²) in [5, 5.41) is 2.68. The number of aromatic nitrogens is 2. The van der Waals surface area contributed by atoms with Gasteiger partial charge in [0.1, 0.15) is 5.75 Å². The Morgan fingerprint density at radius 1 is 1.24 bits per heavy atom. The molecule has 1 saturated heterocycles. The van der Waals surface area contributed by atoms with Gasteiger partial charge in [0.2, 0.25) is 0 Å². The van der Waals surface area contributed by atoms with Crippen molar-refractivity contribution in [1.82, 2.24) is 20.2 Å². The van der Waals surface area contributed by atoms with Gasteiger partial charge in [0, 0.05) is 31.5 Å². The van der Waals surface area contributed by atoms with Gasteiger partial charge in [-0.1, -0.05) is 0 Å². The topological polar surface area (TPSA) is 84.4 Å². The second kappa shape index (κ2) is 6.88. The van der Waals surface area contributed by atoms with Crippen LogP contribution in [-0.2, 0) is 10.3 Å². The minimum atomic E-state index is -1.14. The number of likely N-dealkylation sites (tertiary alicyclic amines) is 1. The summed E-state index contributed by atoms with van der Waals surface area (Å²) >= 11 is 0. The summed E-state index contributed by atoms with van der Waals surface area (Å²) in [5.74, 6) is 0.200. The average Bonchev–Trinajstić information content (AvgIpc) is 3.13. The van der Waals surface area contributed by atoms with Crippen LogP contribution in [0.2, 0.25) is 0 Å². The molecule has 1 aromatic heterocycles. The predicted molar refractivity (Wildman–Crippen MR) is 91.0 cm³/mol. The molecule has 1 aromatic carbocycles. The van der Waals surface area contributed by atoms with Crippen molar-refractivity contribution in [2.45, 2.75) is 18.4 Å². The van der Waals surface area contributed by atoms with Crippen molar-refractivity contribution in [2.75, 3.05) is 20.7 Å². The van der Waals surface area contributed by atoms with Gasteiger partial charge in [0.25, 0.3) is 11.8 Å². The van der Waals surface area contributed by atoms with Crippen LogP contribution in [0.4, 0.5) is 0 Å². The fraction of sp³-hybridized carbons (Fsp3) is 0.333. The van der Waals surface area contributed by atoms with Gasteiger partial charge < -0.3 is 15.0 Å². The second-order valence-corrected chi connectivity index (χ2v) is 5.82. The lowest BCUT2D eigenvalue weighted by Gasteiger charge is -2.36. The average molecular weight is 340 g/mol. The summed E-state index contributed by atoms with van der Waals surface area (Å²) in [4.78, 5) is 35.9. The first-order valence-corrected chi connectivity index (χ1v) is 8.08. The van der Waals surface area contributed by atoms with Gasteiger partial charge >= 0.3 is 0 Å². The summed E-state index contributed by atoms with van der Waals surface area (Å²) in [7, 11) is 3.14. The number of carbonyl (C=O) groups is 2. The fourth-order valence-electron chi connectivity index (χ4n) is 3.32. The lowest BCUT2D eigenvalue weighted by Crippen LogP contribution is -2.54. The van der Waals surface area contributed by atoms with Crippen LogP contribution >= 0.6 is 0 Å². The van der Waals surface area contributed by atoms with E-state index in [1.807, 2.05) is 0 Å². The number of carbonyl (C=O) groups excluding carboxylic acids is 2. The van der Waals surface area contributed by atoms with Gasteiger partial charge in [-0.3, -0.25) is 19.6 Å². The van der Waals surface area contributed by atoms with Crippen LogP contribution in [-0.4, -0.2) is 47.4 Å². The van der Waals surface area contributed by atoms with Crippen LogP contribution < -0.4 is 10.1 Å². The molecule has 0 spiro atoms. The normalized spacial score (nSPS) is 19.5. The number of hydrogen-bond acceptors (Lipinski definition) is 5. The van der Waals surface area contributed by atoms with Gasteiger partial charge in [0.15, 0.2) is 5.54 Å². The number of benzene rings is 1. The highest BCUT2D eigenvalue weighted by Gasteiger charge is 2.52. The highest BCUT2D eigenvalue weighted by Crippen LogP contribution is 2.39. The molecule has 0 aliphatic carbocycles. The van der Waals surface area contributed by atoms with E-state index in [2.05, 4.69) is 15.3 Å². The third kappa shape index (κ3) is 2.82. The van der Waals surface area contributed by atoms with E-state index in [9.17, 15) is 9.59 Å². The Labute approximate surface area is 146 Å². The Kier molecular flexibility index (Phi) is 4.65. The lowest BCUT2D eigenvalue weighted by molar-refractivity contribution is -0.131. The minimum absolute atomic E-state index is 0.214. The third-order valence-electron chi connectivity index (χ3n) is 4.55. The van der Waals surface area contributed by atoms with E-state index in [1.54, 1.807) is 55.7 Å². The number of nitrogens with zero attached hydrogens (tertiary/aromatic N) is 3. The second-order valence-electron chi connectivity index (χ2n) is 5.82. The molecule has 3 rings (SSSR count). The zero-order chi connectivity index (χ0) is 17.9. The van der Waals surface area contributed by atoms with Crippen molar-refractivity contribution < 1.29 is 14.3 Å². The Morgan fingerprint density at radius 2 is 2.00 bits per heavy atom. The van der Waals surface area contributed by atoms with Crippen molar-refractivity contribution in [3.8, 4) is 5.75 Å². The van der Waals surface area contributed by atoms with Crippen molar-refractivity contribution in [3.05, 3.63) is 54.1 Å². The van der Waals surface area contributed by atoms with Crippen LogP contribution in [0.3, 0.4) is 0 Å². The number of nitrogens with one attached hydrogen (secondary N) is 1. The summed E-state index contributed by atoms with van der Waals surface area (Å²) in [5.41, 5.74) is -0.159. The van der Waals surface area contributed by atoms with Crippen molar-refractivity contribution in [1.29, 1.82) is 0 Å². The van der Waals surface area contributed by atoms with E-state index >= 15 is 0 Å². The standard InChI is InChI=1S/C18H20N4O3/c1-19-17(24)18(15-12-20-9-10-21-15)8-3-11-22(18)16(23)13-4-6-14(25-2)7-5-13/h4-7,9-10,12H,3,8,11H2,1-2H3,(H,19,24)/t18-/m0/s1. The van der Waals surface area contributed by atoms with E-state index in [0.717, 1.165) is 0 Å². The molecule has 1 aliphatic rings. The molecule has 2 aromatic rings. The molecule has 25 heavy (non-hydrogen) atoms. The fourth-order valence-corrected chi connectivity index (χ4v) is 3.32. The van der Waals surface area contributed by atoms with Gasteiger partial charge in [-0.2, -0.15) is 0 Å². The molecule has 2 heterocycles. The highest BCUT2D eigenvalue weighted by molar-refractivity contribution is 6.00. The minimum Gasteiger partial charge on any atom is -0.497 e. The van der Waals surface area contributed by atoms with E-state index in [1.165, 1.54) is 6.20 Å². The molecule has 130 valence electrons. The first-order valence-electron chi connectivity index (χ1n) is 8.08. The molecular formula is C18H20N4O3. The lowest BCUT2D eigenvalue weighted by atomic mass is 9.90. The number of rotatable bonds is 4. The summed E-state index contributed by atoms with van der Waals surface area (Å²) in [6.45, 7) is 0.481. The molecule has 0 radical (unpaired) electrons. The molecule has 0 bridgehead atoms. The Hall–Kier alpha value is -2.96. The molecule has 1 fully saturated rings. The van der Waals surface area contributed by atoms with Crippen molar-refractivity contribution >= 4 is 11.8 Å². The Bertz CT molecular complexity index is 764. The van der Waals surface area contributed by atoms with E-state index in [0.29, 0.717) is 36.4 Å². The van der Waals surface area contributed by atoms with E-state index < -0.39 is 5.54 Å². The van der Waals surface area contributed by atoms with Gasteiger partial charge in [-0.25, -0.2) is 0 Å². The van der Waals surface area contributed by atoms with Crippen molar-refractivity contribution in [3.63, 3.8) is 0 Å². The van der Waals surface area contributed by atoms with Crippen molar-refractivity contribution in [2.24, 2.45) is 0 Å². The molecule has 0 unspecified atom stereocenters. The monoisotopic (exact) mass is 340 g/mol. The van der Waals surface area contributed by atoms with Crippen LogP contribution in [0.5, 0.6) is 5.75 Å². The van der Waals surface area contributed by atoms with E-state index in [-0.39, 0.29) is 11.8 Å². The summed E-state index contributed by atoms with van der Waals surface area (Å²) in [6.07, 6.45) is 5.86. The maximum atomic E-state index is 13.1. The molecule has 0 saturated carbocycles. The SMILES string of the molecule is CNC(=O)[C@@]1(c2cnccn2)CCCN1C(=O)c1ccc(OC)cc1. The number of methoxy groups -OCH3 is 1. The molecule has 1 atom stereocenters. The first kappa shape index (κ1) is 16.9.